The van der Waals surface area contributed by atoms with Crippen LogP contribution in [0.25, 0.3) is 0 Å². The maximum atomic E-state index is 8.41. The van der Waals surface area contributed by atoms with E-state index < -0.39 is 0 Å². The summed E-state index contributed by atoms with van der Waals surface area (Å²) in [5.74, 6) is 0.314. The second-order valence-corrected chi connectivity index (χ2v) is 2.40. The van der Waals surface area contributed by atoms with Gasteiger partial charge in [-0.2, -0.15) is 0 Å². The zero-order chi connectivity index (χ0) is 9.52. The lowest BCUT2D eigenvalue weighted by Crippen LogP contribution is -2.14. The lowest BCUT2D eigenvalue weighted by atomic mass is 10.2. The quantitative estimate of drug-likeness (QED) is 0.303. The summed E-state index contributed by atoms with van der Waals surface area (Å²) in [6.07, 6.45) is 0. The van der Waals surface area contributed by atoms with Crippen LogP contribution in [0.5, 0.6) is 0 Å². The molecule has 0 amide bonds. The Kier molecular flexibility index (Phi) is 3.78. The van der Waals surface area contributed by atoms with E-state index >= 15 is 0 Å². The van der Waals surface area contributed by atoms with Crippen LogP contribution in [0.2, 0.25) is 0 Å². The first kappa shape index (κ1) is 9.54. The van der Waals surface area contributed by atoms with Gasteiger partial charge in [0.2, 0.25) is 0 Å². The van der Waals surface area contributed by atoms with E-state index in [0.717, 1.165) is 5.56 Å². The standard InChI is InChI=1S/C9H12N2O2/c10-9(11-13-7-6-12)8-4-2-1-3-5-8/h1-5,12H,6-7H2,(H2,10,11). The molecule has 0 aliphatic rings. The average Bonchev–Trinajstić information content (AvgIpc) is 2.19. The van der Waals surface area contributed by atoms with Gasteiger partial charge >= 0.3 is 0 Å². The van der Waals surface area contributed by atoms with Crippen molar-refractivity contribution < 1.29 is 9.94 Å². The molecule has 0 spiro atoms. The highest BCUT2D eigenvalue weighted by Gasteiger charge is 1.95. The zero-order valence-electron chi connectivity index (χ0n) is 7.18. The van der Waals surface area contributed by atoms with Crippen molar-refractivity contribution in [1.82, 2.24) is 0 Å². The summed E-state index contributed by atoms with van der Waals surface area (Å²) in [5.41, 5.74) is 6.39. The fourth-order valence-electron chi connectivity index (χ4n) is 0.818. The van der Waals surface area contributed by atoms with E-state index in [1.54, 1.807) is 0 Å². The number of oxime groups is 1. The van der Waals surface area contributed by atoms with Gasteiger partial charge in [0.25, 0.3) is 0 Å². The van der Waals surface area contributed by atoms with Crippen LogP contribution in [-0.2, 0) is 4.84 Å². The van der Waals surface area contributed by atoms with E-state index in [9.17, 15) is 0 Å². The second kappa shape index (κ2) is 5.16. The van der Waals surface area contributed by atoms with E-state index in [1.807, 2.05) is 30.3 Å². The first-order valence-electron chi connectivity index (χ1n) is 3.96. The van der Waals surface area contributed by atoms with Crippen LogP contribution in [0.1, 0.15) is 5.56 Å². The molecule has 0 atom stereocenters. The van der Waals surface area contributed by atoms with E-state index in [4.69, 9.17) is 15.7 Å². The summed E-state index contributed by atoms with van der Waals surface area (Å²) in [6.45, 7) is 0.0963. The van der Waals surface area contributed by atoms with Gasteiger partial charge in [-0.3, -0.25) is 0 Å². The maximum Gasteiger partial charge on any atom is 0.170 e. The van der Waals surface area contributed by atoms with Crippen LogP contribution < -0.4 is 5.73 Å². The van der Waals surface area contributed by atoms with Crippen LogP contribution in [0.15, 0.2) is 35.5 Å². The molecule has 13 heavy (non-hydrogen) atoms. The van der Waals surface area contributed by atoms with E-state index in [1.165, 1.54) is 0 Å². The van der Waals surface area contributed by atoms with Gasteiger partial charge in [-0.05, 0) is 0 Å². The van der Waals surface area contributed by atoms with Crippen molar-refractivity contribution in [2.45, 2.75) is 0 Å². The van der Waals surface area contributed by atoms with Crippen molar-refractivity contribution in [2.24, 2.45) is 10.9 Å². The normalized spacial score (nSPS) is 11.3. The number of amidine groups is 1. The monoisotopic (exact) mass is 180 g/mol. The Labute approximate surface area is 76.6 Å². The largest absolute Gasteiger partial charge is 0.393 e. The minimum atomic E-state index is -0.0639. The molecule has 4 heteroatoms. The third-order valence-electron chi connectivity index (χ3n) is 1.42. The Balaban J connectivity index is 2.57. The molecule has 0 aromatic heterocycles. The first-order valence-corrected chi connectivity index (χ1v) is 3.96. The predicted octanol–water partition coefficient (Wildman–Crippen LogP) is 0.316. The molecule has 4 nitrogen and oxygen atoms in total. The Hall–Kier alpha value is -1.55. The number of rotatable bonds is 4. The second-order valence-electron chi connectivity index (χ2n) is 2.40. The van der Waals surface area contributed by atoms with Crippen LogP contribution in [0.4, 0.5) is 0 Å². The summed E-state index contributed by atoms with van der Waals surface area (Å²) in [5, 5.41) is 12.0. The Morgan fingerprint density at radius 3 is 2.69 bits per heavy atom. The predicted molar refractivity (Wildman–Crippen MR) is 50.2 cm³/mol. The molecule has 3 N–H and O–H groups in total. The van der Waals surface area contributed by atoms with Crippen molar-refractivity contribution in [3.05, 3.63) is 35.9 Å². The highest BCUT2D eigenvalue weighted by atomic mass is 16.6. The molecule has 70 valence electrons. The SMILES string of the molecule is NC(=NOCCO)c1ccccc1. The van der Waals surface area contributed by atoms with Gasteiger partial charge in [0.1, 0.15) is 6.61 Å². The molecule has 0 radical (unpaired) electrons. The highest BCUT2D eigenvalue weighted by Crippen LogP contribution is 1.97. The lowest BCUT2D eigenvalue weighted by molar-refractivity contribution is 0.0985. The van der Waals surface area contributed by atoms with E-state index in [0.29, 0.717) is 5.84 Å². The van der Waals surface area contributed by atoms with Gasteiger partial charge in [-0.25, -0.2) is 0 Å². The summed E-state index contributed by atoms with van der Waals surface area (Å²) in [4.78, 5) is 4.71. The minimum absolute atomic E-state index is 0.0639. The van der Waals surface area contributed by atoms with Crippen molar-refractivity contribution in [3.63, 3.8) is 0 Å². The number of aliphatic hydroxyl groups is 1. The molecule has 0 aliphatic heterocycles. The van der Waals surface area contributed by atoms with Gasteiger partial charge in [0.05, 0.1) is 6.61 Å². The molecule has 0 fully saturated rings. The minimum Gasteiger partial charge on any atom is -0.393 e. The fraction of sp³-hybridized carbons (Fsp3) is 0.222. The van der Waals surface area contributed by atoms with Crippen molar-refractivity contribution in [1.29, 1.82) is 0 Å². The van der Waals surface area contributed by atoms with Crippen LogP contribution in [0, 0.1) is 0 Å². The Morgan fingerprint density at radius 2 is 2.08 bits per heavy atom. The van der Waals surface area contributed by atoms with Gasteiger partial charge in [0.15, 0.2) is 5.84 Å². The third kappa shape index (κ3) is 3.13. The molecule has 0 saturated heterocycles. The van der Waals surface area contributed by atoms with Crippen molar-refractivity contribution >= 4 is 5.84 Å². The molecule has 0 bridgehead atoms. The van der Waals surface area contributed by atoms with E-state index in [2.05, 4.69) is 5.16 Å². The number of nitrogens with two attached hydrogens (primary N) is 1. The summed E-state index contributed by atoms with van der Waals surface area (Å²) in [6, 6.07) is 9.29. The molecular weight excluding hydrogens is 168 g/mol. The van der Waals surface area contributed by atoms with Crippen molar-refractivity contribution in [2.75, 3.05) is 13.2 Å². The van der Waals surface area contributed by atoms with Crippen LogP contribution in [0.3, 0.4) is 0 Å². The number of nitrogens with zero attached hydrogens (tertiary/aromatic N) is 1. The fourth-order valence-corrected chi connectivity index (χ4v) is 0.818. The Morgan fingerprint density at radius 1 is 1.38 bits per heavy atom. The summed E-state index contributed by atoms with van der Waals surface area (Å²) in [7, 11) is 0. The molecule has 0 aliphatic carbocycles. The van der Waals surface area contributed by atoms with Crippen molar-refractivity contribution in [3.8, 4) is 0 Å². The lowest BCUT2D eigenvalue weighted by Gasteiger charge is -1.99. The zero-order valence-corrected chi connectivity index (χ0v) is 7.18. The van der Waals surface area contributed by atoms with Crippen LogP contribution >= 0.6 is 0 Å². The summed E-state index contributed by atoms with van der Waals surface area (Å²) >= 11 is 0. The molecule has 0 unspecified atom stereocenters. The molecule has 0 saturated carbocycles. The van der Waals surface area contributed by atoms with Gasteiger partial charge in [-0.15, -0.1) is 0 Å². The first-order chi connectivity index (χ1) is 6.34. The van der Waals surface area contributed by atoms with Gasteiger partial charge in [-0.1, -0.05) is 35.5 Å². The third-order valence-corrected chi connectivity index (χ3v) is 1.42. The average molecular weight is 180 g/mol. The molecule has 1 aromatic carbocycles. The van der Waals surface area contributed by atoms with E-state index in [-0.39, 0.29) is 13.2 Å². The Bertz CT molecular complexity index is 272. The topological polar surface area (TPSA) is 67.8 Å². The molecule has 0 heterocycles. The molecule has 1 rings (SSSR count). The summed E-state index contributed by atoms with van der Waals surface area (Å²) < 4.78 is 0. The van der Waals surface area contributed by atoms with Crippen LogP contribution in [-0.4, -0.2) is 24.2 Å². The number of hydrogen-bond donors (Lipinski definition) is 2. The van der Waals surface area contributed by atoms with Gasteiger partial charge in [0, 0.05) is 5.56 Å². The highest BCUT2D eigenvalue weighted by molar-refractivity contribution is 5.96. The number of hydrogen-bond acceptors (Lipinski definition) is 3. The molecule has 1 aromatic rings. The van der Waals surface area contributed by atoms with Gasteiger partial charge < -0.3 is 15.7 Å². The molecular formula is C9H12N2O2. The smallest absolute Gasteiger partial charge is 0.170 e. The number of benzene rings is 1. The maximum absolute atomic E-state index is 8.41. The number of aliphatic hydroxyl groups excluding tert-OH is 1.